The number of methoxy groups -OCH3 is 1. The molecule has 0 bridgehead atoms. The third-order valence-corrected chi connectivity index (χ3v) is 8.25. The van der Waals surface area contributed by atoms with Crippen molar-refractivity contribution in [3.63, 3.8) is 0 Å². The van der Waals surface area contributed by atoms with E-state index in [1.807, 2.05) is 6.07 Å². The third kappa shape index (κ3) is 3.18. The molecule has 0 radical (unpaired) electrons. The first-order chi connectivity index (χ1) is 15.0. The van der Waals surface area contributed by atoms with Crippen LogP contribution in [0, 0.1) is 5.92 Å². The Morgan fingerprint density at radius 2 is 1.90 bits per heavy atom. The number of likely N-dealkylation sites (tertiary alicyclic amines) is 1. The minimum atomic E-state index is -0.281. The summed E-state index contributed by atoms with van der Waals surface area (Å²) < 4.78 is 7.72. The van der Waals surface area contributed by atoms with Gasteiger partial charge in [-0.05, 0) is 63.5 Å². The summed E-state index contributed by atoms with van der Waals surface area (Å²) >= 11 is 0. The molecular formula is C25H35N3O3. The zero-order valence-electron chi connectivity index (χ0n) is 19.1. The number of aliphatic hydroxyl groups is 1. The molecule has 6 nitrogen and oxygen atoms in total. The highest BCUT2D eigenvalue weighted by Crippen LogP contribution is 2.50. The molecule has 0 unspecified atom stereocenters. The fourth-order valence-electron chi connectivity index (χ4n) is 6.45. The Kier molecular flexibility index (Phi) is 5.25. The van der Waals surface area contributed by atoms with Gasteiger partial charge in [0.1, 0.15) is 5.75 Å². The maximum absolute atomic E-state index is 13.7. The zero-order chi connectivity index (χ0) is 21.8. The molecule has 1 saturated carbocycles. The Labute approximate surface area is 184 Å². The molecule has 1 aliphatic carbocycles. The molecule has 2 aromatic rings. The highest BCUT2D eigenvalue weighted by atomic mass is 16.5. The van der Waals surface area contributed by atoms with Crippen molar-refractivity contribution in [2.75, 3.05) is 40.4 Å². The van der Waals surface area contributed by atoms with Gasteiger partial charge in [-0.25, -0.2) is 0 Å². The second-order valence-electron chi connectivity index (χ2n) is 9.93. The molecule has 1 spiro atoms. The second kappa shape index (κ2) is 7.82. The Hall–Kier alpha value is -2.05. The molecule has 2 aliphatic heterocycles. The first kappa shape index (κ1) is 20.8. The maximum atomic E-state index is 13.7. The summed E-state index contributed by atoms with van der Waals surface area (Å²) in [5.74, 6) is 1.21. The lowest BCUT2D eigenvalue weighted by atomic mass is 9.68. The summed E-state index contributed by atoms with van der Waals surface area (Å²) in [4.78, 5) is 18.1. The van der Waals surface area contributed by atoms with Crippen LogP contribution in [0.2, 0.25) is 0 Å². The van der Waals surface area contributed by atoms with Gasteiger partial charge in [0.05, 0.1) is 25.3 Å². The predicted molar refractivity (Wildman–Crippen MR) is 121 cm³/mol. The molecule has 3 heterocycles. The van der Waals surface area contributed by atoms with Crippen LogP contribution in [0.15, 0.2) is 18.2 Å². The topological polar surface area (TPSA) is 57.9 Å². The van der Waals surface area contributed by atoms with Gasteiger partial charge in [0.2, 0.25) is 5.91 Å². The number of ether oxygens (including phenoxy) is 1. The summed E-state index contributed by atoms with van der Waals surface area (Å²) in [6.07, 6.45) is 6.33. The number of hydrogen-bond donors (Lipinski definition) is 1. The highest BCUT2D eigenvalue weighted by molar-refractivity contribution is 5.90. The van der Waals surface area contributed by atoms with Crippen molar-refractivity contribution in [1.29, 1.82) is 0 Å². The molecule has 3 aliphatic rings. The van der Waals surface area contributed by atoms with Crippen LogP contribution in [0.25, 0.3) is 10.9 Å². The van der Waals surface area contributed by atoms with E-state index in [1.54, 1.807) is 7.11 Å². The normalized spacial score (nSPS) is 24.1. The first-order valence-electron chi connectivity index (χ1n) is 11.8. The molecule has 6 heteroatoms. The van der Waals surface area contributed by atoms with E-state index in [-0.39, 0.29) is 29.9 Å². The second-order valence-corrected chi connectivity index (χ2v) is 9.93. The van der Waals surface area contributed by atoms with Gasteiger partial charge in [0.25, 0.3) is 0 Å². The smallest absolute Gasteiger partial charge is 0.226 e. The molecule has 1 saturated heterocycles. The molecule has 2 fully saturated rings. The van der Waals surface area contributed by atoms with Crippen molar-refractivity contribution in [2.45, 2.75) is 50.0 Å². The molecule has 1 aromatic heterocycles. The Morgan fingerprint density at radius 3 is 2.55 bits per heavy atom. The Bertz CT molecular complexity index is 984. The number of rotatable bonds is 3. The lowest BCUT2D eigenvalue weighted by molar-refractivity contribution is -0.141. The number of amides is 1. The van der Waals surface area contributed by atoms with Gasteiger partial charge in [-0.15, -0.1) is 0 Å². The summed E-state index contributed by atoms with van der Waals surface area (Å²) in [5, 5.41) is 11.8. The molecule has 1 N–H and O–H groups in total. The van der Waals surface area contributed by atoms with E-state index in [0.717, 1.165) is 75.1 Å². The van der Waals surface area contributed by atoms with Crippen molar-refractivity contribution in [3.8, 4) is 5.75 Å². The Morgan fingerprint density at radius 1 is 1.19 bits per heavy atom. The van der Waals surface area contributed by atoms with Gasteiger partial charge in [-0.2, -0.15) is 0 Å². The molecule has 5 rings (SSSR count). The SMILES string of the molecule is COc1ccc2c3c(n(C)c2c1)[C@H](CO)N(C(=O)C1CCCC1)CC31CCN(C)CC1. The van der Waals surface area contributed by atoms with Gasteiger partial charge < -0.3 is 24.2 Å². The van der Waals surface area contributed by atoms with Crippen molar-refractivity contribution in [2.24, 2.45) is 13.0 Å². The van der Waals surface area contributed by atoms with Crippen LogP contribution in [0.1, 0.15) is 55.8 Å². The number of aryl methyl sites for hydroxylation is 1. The minimum absolute atomic E-state index is 0.0389. The van der Waals surface area contributed by atoms with Crippen LogP contribution in [0.5, 0.6) is 5.75 Å². The fraction of sp³-hybridized carbons (Fsp3) is 0.640. The monoisotopic (exact) mass is 425 g/mol. The van der Waals surface area contributed by atoms with Gasteiger partial charge >= 0.3 is 0 Å². The average molecular weight is 426 g/mol. The lowest BCUT2D eigenvalue weighted by Gasteiger charge is -2.50. The van der Waals surface area contributed by atoms with Crippen molar-refractivity contribution < 1.29 is 14.6 Å². The van der Waals surface area contributed by atoms with E-state index < -0.39 is 0 Å². The molecule has 31 heavy (non-hydrogen) atoms. The number of fused-ring (bicyclic) bond motifs is 4. The van der Waals surface area contributed by atoms with Crippen molar-refractivity contribution in [3.05, 3.63) is 29.5 Å². The van der Waals surface area contributed by atoms with Crippen LogP contribution < -0.4 is 4.74 Å². The van der Waals surface area contributed by atoms with Gasteiger partial charge in [0, 0.05) is 42.1 Å². The van der Waals surface area contributed by atoms with Crippen LogP contribution in [-0.4, -0.2) is 65.8 Å². The number of hydrogen-bond acceptors (Lipinski definition) is 4. The fourth-order valence-corrected chi connectivity index (χ4v) is 6.45. The predicted octanol–water partition coefficient (Wildman–Crippen LogP) is 3.22. The zero-order valence-corrected chi connectivity index (χ0v) is 19.1. The van der Waals surface area contributed by atoms with Gasteiger partial charge in [-0.1, -0.05) is 12.8 Å². The van der Waals surface area contributed by atoms with Crippen LogP contribution in [0.3, 0.4) is 0 Å². The number of nitrogens with zero attached hydrogens (tertiary/aromatic N) is 3. The summed E-state index contributed by atoms with van der Waals surface area (Å²) in [6.45, 7) is 2.74. The third-order valence-electron chi connectivity index (χ3n) is 8.25. The standard InChI is InChI=1S/C25H35N3O3/c1-26-12-10-25(11-13-26)16-28(24(30)17-6-4-5-7-17)21(15-29)23-22(25)19-9-8-18(31-3)14-20(19)27(23)2/h8-9,14,17,21,29H,4-7,10-13,15-16H2,1-3H3/t21-/m0/s1. The first-order valence-corrected chi connectivity index (χ1v) is 11.8. The summed E-state index contributed by atoms with van der Waals surface area (Å²) in [5.41, 5.74) is 3.54. The minimum Gasteiger partial charge on any atom is -0.497 e. The van der Waals surface area contributed by atoms with Crippen LogP contribution >= 0.6 is 0 Å². The molecule has 1 aromatic carbocycles. The Balaban J connectivity index is 1.70. The largest absolute Gasteiger partial charge is 0.497 e. The number of piperidine rings is 1. The van der Waals surface area contributed by atoms with E-state index in [4.69, 9.17) is 4.74 Å². The average Bonchev–Trinajstić information content (AvgIpc) is 3.43. The quantitative estimate of drug-likeness (QED) is 0.820. The summed E-state index contributed by atoms with van der Waals surface area (Å²) in [7, 11) is 5.96. The van der Waals surface area contributed by atoms with E-state index in [9.17, 15) is 9.90 Å². The number of carbonyl (C=O) groups is 1. The summed E-state index contributed by atoms with van der Waals surface area (Å²) in [6, 6.07) is 6.02. The van der Waals surface area contributed by atoms with E-state index in [2.05, 4.69) is 40.6 Å². The molecule has 168 valence electrons. The van der Waals surface area contributed by atoms with Crippen LogP contribution in [-0.2, 0) is 17.3 Å². The molecule has 1 amide bonds. The van der Waals surface area contributed by atoms with Crippen molar-refractivity contribution in [1.82, 2.24) is 14.4 Å². The van der Waals surface area contributed by atoms with E-state index >= 15 is 0 Å². The number of aliphatic hydroxyl groups excluding tert-OH is 1. The van der Waals surface area contributed by atoms with Gasteiger partial charge in [-0.3, -0.25) is 4.79 Å². The molecule has 1 atom stereocenters. The maximum Gasteiger partial charge on any atom is 0.226 e. The van der Waals surface area contributed by atoms with Crippen LogP contribution in [0.4, 0.5) is 0 Å². The number of benzene rings is 1. The molecular weight excluding hydrogens is 390 g/mol. The van der Waals surface area contributed by atoms with E-state index in [0.29, 0.717) is 0 Å². The highest BCUT2D eigenvalue weighted by Gasteiger charge is 2.49. The van der Waals surface area contributed by atoms with Crippen molar-refractivity contribution >= 4 is 16.8 Å². The number of aromatic nitrogens is 1. The lowest BCUT2D eigenvalue weighted by Crippen LogP contribution is -2.56. The van der Waals surface area contributed by atoms with E-state index in [1.165, 1.54) is 10.9 Å². The van der Waals surface area contributed by atoms with Gasteiger partial charge in [0.15, 0.2) is 0 Å². The number of carbonyl (C=O) groups excluding carboxylic acids is 1.